The Morgan fingerprint density at radius 1 is 0.950 bits per heavy atom. The summed E-state index contributed by atoms with van der Waals surface area (Å²) < 4.78 is 13.0. The molecule has 9 nitrogen and oxygen atoms in total. The number of benzene rings is 2. The topological polar surface area (TPSA) is 97.1 Å². The second kappa shape index (κ2) is 11.2. The van der Waals surface area contributed by atoms with Crippen LogP contribution in [0.3, 0.4) is 0 Å². The first-order chi connectivity index (χ1) is 19.5. The highest BCUT2D eigenvalue weighted by Gasteiger charge is 2.55. The van der Waals surface area contributed by atoms with Gasteiger partial charge in [0.25, 0.3) is 5.56 Å². The molecule has 3 aromatic rings. The third kappa shape index (κ3) is 5.05. The molecule has 2 aromatic carbocycles. The number of likely N-dealkylation sites (tertiary alicyclic amines) is 1. The molecule has 1 N–H and O–H groups in total. The summed E-state index contributed by atoms with van der Waals surface area (Å²) in [5.41, 5.74) is 0.545. The largest absolute Gasteiger partial charge is 0.387 e. The van der Waals surface area contributed by atoms with E-state index in [0.29, 0.717) is 71.0 Å². The molecular formula is C31H36N4O5. The lowest BCUT2D eigenvalue weighted by Gasteiger charge is -2.56. The molecule has 40 heavy (non-hydrogen) atoms. The molecule has 6 rings (SSSR count). The van der Waals surface area contributed by atoms with Crippen LogP contribution in [0.4, 0.5) is 4.79 Å². The summed E-state index contributed by atoms with van der Waals surface area (Å²) in [6.07, 6.45) is 3.13. The van der Waals surface area contributed by atoms with Crippen molar-refractivity contribution in [3.8, 4) is 11.3 Å². The standard InChI is InChI=1S/C31H36N4O5/c36-28-19-26(24-7-3-1-4-8-24)32-23-34(28)22-31(38)11-14-33(21-30(31)12-16-39-17-13-30)29(37)35-15-18-40-20-27(35)25-9-5-2-6-10-25/h1-10,19,23,27,38H,11-18,20-22H2. The van der Waals surface area contributed by atoms with Crippen LogP contribution in [0.2, 0.25) is 0 Å². The molecule has 2 atom stereocenters. The number of rotatable bonds is 4. The molecule has 4 heterocycles. The average Bonchev–Trinajstić information content (AvgIpc) is 3.01. The second-order valence-corrected chi connectivity index (χ2v) is 11.2. The number of carbonyl (C=O) groups excluding carboxylic acids is 1. The average molecular weight is 545 g/mol. The van der Waals surface area contributed by atoms with Crippen LogP contribution >= 0.6 is 0 Å². The molecule has 0 bridgehead atoms. The zero-order chi connectivity index (χ0) is 27.6. The van der Waals surface area contributed by atoms with Gasteiger partial charge in [0.1, 0.15) is 0 Å². The number of hydrogen-bond acceptors (Lipinski definition) is 6. The molecule has 3 aliphatic rings. The van der Waals surface area contributed by atoms with Gasteiger partial charge in [-0.05, 0) is 24.8 Å². The quantitative estimate of drug-likeness (QED) is 0.541. The molecule has 3 aliphatic heterocycles. The van der Waals surface area contributed by atoms with E-state index < -0.39 is 11.0 Å². The molecule has 0 radical (unpaired) electrons. The molecule has 2 amide bonds. The maximum atomic E-state index is 14.0. The third-order valence-corrected chi connectivity index (χ3v) is 8.94. The summed E-state index contributed by atoms with van der Waals surface area (Å²) in [7, 11) is 0. The number of piperidine rings is 1. The Balaban J connectivity index is 1.24. The maximum Gasteiger partial charge on any atom is 0.320 e. The highest BCUT2D eigenvalue weighted by atomic mass is 16.5. The van der Waals surface area contributed by atoms with Gasteiger partial charge in [0, 0.05) is 49.9 Å². The van der Waals surface area contributed by atoms with Gasteiger partial charge in [0.15, 0.2) is 0 Å². The van der Waals surface area contributed by atoms with E-state index in [4.69, 9.17) is 9.47 Å². The van der Waals surface area contributed by atoms with Crippen LogP contribution in [0.15, 0.2) is 77.9 Å². The number of ether oxygens (including phenoxy) is 2. The van der Waals surface area contributed by atoms with E-state index in [9.17, 15) is 14.7 Å². The van der Waals surface area contributed by atoms with Crippen molar-refractivity contribution in [2.45, 2.75) is 37.5 Å². The molecule has 0 saturated carbocycles. The van der Waals surface area contributed by atoms with Gasteiger partial charge in [-0.1, -0.05) is 60.7 Å². The lowest BCUT2D eigenvalue weighted by molar-refractivity contribution is -0.175. The van der Waals surface area contributed by atoms with Crippen molar-refractivity contribution in [3.05, 3.63) is 89.0 Å². The normalized spacial score (nSPS) is 24.7. The molecule has 2 unspecified atom stereocenters. The summed E-state index contributed by atoms with van der Waals surface area (Å²) in [5.74, 6) is 0. The van der Waals surface area contributed by atoms with Crippen molar-refractivity contribution in [2.24, 2.45) is 5.41 Å². The van der Waals surface area contributed by atoms with Crippen LogP contribution in [0.1, 0.15) is 30.9 Å². The van der Waals surface area contributed by atoms with E-state index in [1.165, 1.54) is 17.0 Å². The predicted molar refractivity (Wildman–Crippen MR) is 150 cm³/mol. The van der Waals surface area contributed by atoms with Crippen molar-refractivity contribution in [1.29, 1.82) is 0 Å². The zero-order valence-corrected chi connectivity index (χ0v) is 22.7. The van der Waals surface area contributed by atoms with E-state index in [0.717, 1.165) is 11.1 Å². The fraction of sp³-hybridized carbons (Fsp3) is 0.452. The van der Waals surface area contributed by atoms with Crippen molar-refractivity contribution < 1.29 is 19.4 Å². The summed E-state index contributed by atoms with van der Waals surface area (Å²) in [5, 5.41) is 12.2. The number of urea groups is 1. The third-order valence-electron chi connectivity index (χ3n) is 8.94. The van der Waals surface area contributed by atoms with Gasteiger partial charge in [0.2, 0.25) is 0 Å². The van der Waals surface area contributed by atoms with Gasteiger partial charge in [-0.15, -0.1) is 0 Å². The Labute approximate surface area is 234 Å². The summed E-state index contributed by atoms with van der Waals surface area (Å²) in [6, 6.07) is 20.9. The molecule has 3 saturated heterocycles. The Morgan fingerprint density at radius 2 is 1.68 bits per heavy atom. The first-order valence-corrected chi connectivity index (χ1v) is 14.1. The zero-order valence-electron chi connectivity index (χ0n) is 22.7. The van der Waals surface area contributed by atoms with Gasteiger partial charge in [-0.2, -0.15) is 0 Å². The highest BCUT2D eigenvalue weighted by Crippen LogP contribution is 2.48. The molecule has 0 aliphatic carbocycles. The molecule has 9 heteroatoms. The van der Waals surface area contributed by atoms with Crippen LogP contribution in [0, 0.1) is 5.41 Å². The minimum absolute atomic E-state index is 0.0314. The fourth-order valence-corrected chi connectivity index (χ4v) is 6.53. The van der Waals surface area contributed by atoms with Gasteiger partial charge in [-0.25, -0.2) is 9.78 Å². The number of amides is 2. The van der Waals surface area contributed by atoms with Crippen molar-refractivity contribution >= 4 is 6.03 Å². The minimum Gasteiger partial charge on any atom is -0.387 e. The lowest BCUT2D eigenvalue weighted by atomic mass is 9.63. The number of aliphatic hydroxyl groups is 1. The smallest absolute Gasteiger partial charge is 0.320 e. The van der Waals surface area contributed by atoms with Crippen LogP contribution in [0.5, 0.6) is 0 Å². The number of hydrogen-bond donors (Lipinski definition) is 1. The molecular weight excluding hydrogens is 508 g/mol. The number of nitrogens with zero attached hydrogens (tertiary/aromatic N) is 4. The first-order valence-electron chi connectivity index (χ1n) is 14.1. The number of morpholine rings is 1. The summed E-state index contributed by atoms with van der Waals surface area (Å²) >= 11 is 0. The predicted octanol–water partition coefficient (Wildman–Crippen LogP) is 3.34. The number of aromatic nitrogens is 2. The van der Waals surface area contributed by atoms with E-state index in [2.05, 4.69) is 4.98 Å². The minimum atomic E-state index is -1.18. The van der Waals surface area contributed by atoms with Crippen LogP contribution in [-0.2, 0) is 16.0 Å². The summed E-state index contributed by atoms with van der Waals surface area (Å²) in [6.45, 7) is 3.44. The van der Waals surface area contributed by atoms with Gasteiger partial charge >= 0.3 is 6.03 Å². The van der Waals surface area contributed by atoms with Crippen molar-refractivity contribution in [3.63, 3.8) is 0 Å². The van der Waals surface area contributed by atoms with Crippen LogP contribution in [-0.4, -0.2) is 82.2 Å². The van der Waals surface area contributed by atoms with E-state index in [1.807, 2.05) is 70.5 Å². The van der Waals surface area contributed by atoms with E-state index >= 15 is 0 Å². The van der Waals surface area contributed by atoms with Gasteiger partial charge in [-0.3, -0.25) is 9.36 Å². The van der Waals surface area contributed by atoms with E-state index in [1.54, 1.807) is 0 Å². The molecule has 1 spiro atoms. The lowest BCUT2D eigenvalue weighted by Crippen LogP contribution is -2.66. The highest BCUT2D eigenvalue weighted by molar-refractivity contribution is 5.75. The summed E-state index contributed by atoms with van der Waals surface area (Å²) in [4.78, 5) is 35.5. The monoisotopic (exact) mass is 544 g/mol. The number of carbonyl (C=O) groups is 1. The van der Waals surface area contributed by atoms with Crippen LogP contribution < -0.4 is 5.56 Å². The Hall–Kier alpha value is -3.53. The SMILES string of the molecule is O=C(N1CCC(O)(Cn2cnc(-c3ccccc3)cc2=O)C2(CCOCC2)C1)N1CCOCC1c1ccccc1. The maximum absolute atomic E-state index is 14.0. The molecule has 1 aromatic heterocycles. The Bertz CT molecular complexity index is 1380. The molecule has 3 fully saturated rings. The molecule has 210 valence electrons. The fourth-order valence-electron chi connectivity index (χ4n) is 6.53. The van der Waals surface area contributed by atoms with Crippen molar-refractivity contribution in [1.82, 2.24) is 19.4 Å². The Morgan fingerprint density at radius 3 is 2.40 bits per heavy atom. The Kier molecular flexibility index (Phi) is 7.44. The van der Waals surface area contributed by atoms with Gasteiger partial charge < -0.3 is 24.4 Å². The van der Waals surface area contributed by atoms with E-state index in [-0.39, 0.29) is 24.2 Å². The van der Waals surface area contributed by atoms with Crippen molar-refractivity contribution in [2.75, 3.05) is 46.1 Å². The van der Waals surface area contributed by atoms with Gasteiger partial charge in [0.05, 0.1) is 43.4 Å². The first kappa shape index (κ1) is 26.7. The van der Waals surface area contributed by atoms with Crippen LogP contribution in [0.25, 0.3) is 11.3 Å². The second-order valence-electron chi connectivity index (χ2n) is 11.2.